The third-order valence-corrected chi connectivity index (χ3v) is 4.74. The Labute approximate surface area is 125 Å². The Morgan fingerprint density at radius 1 is 1.50 bits per heavy atom. The molecule has 1 aliphatic rings. The Morgan fingerprint density at radius 2 is 2.25 bits per heavy atom. The Hall–Kier alpha value is -1.12. The van der Waals surface area contributed by atoms with Gasteiger partial charge in [-0.15, -0.1) is 0 Å². The molecular formula is C12H14BrNO5S. The van der Waals surface area contributed by atoms with Crippen molar-refractivity contribution >= 4 is 37.6 Å². The molecule has 1 fully saturated rings. The maximum Gasteiger partial charge on any atom is 0.337 e. The number of rotatable bonds is 5. The van der Waals surface area contributed by atoms with E-state index in [4.69, 9.17) is 9.84 Å². The number of carboxylic acid groups (broad SMARTS) is 1. The second-order valence-electron chi connectivity index (χ2n) is 4.51. The van der Waals surface area contributed by atoms with Crippen LogP contribution in [0.2, 0.25) is 0 Å². The van der Waals surface area contributed by atoms with Crippen molar-refractivity contribution in [2.24, 2.45) is 0 Å². The van der Waals surface area contributed by atoms with Gasteiger partial charge in [-0.25, -0.2) is 13.2 Å². The van der Waals surface area contributed by atoms with E-state index in [1.807, 2.05) is 0 Å². The fourth-order valence-corrected chi connectivity index (χ4v) is 3.72. The Balaban J connectivity index is 2.19. The van der Waals surface area contributed by atoms with Crippen LogP contribution in [0.5, 0.6) is 0 Å². The first-order chi connectivity index (χ1) is 9.37. The molecule has 0 saturated carbocycles. The van der Waals surface area contributed by atoms with E-state index in [1.165, 1.54) is 12.1 Å². The average molecular weight is 364 g/mol. The third-order valence-electron chi connectivity index (χ3n) is 2.91. The highest BCUT2D eigenvalue weighted by molar-refractivity contribution is 9.10. The van der Waals surface area contributed by atoms with E-state index in [0.717, 1.165) is 6.42 Å². The van der Waals surface area contributed by atoms with Crippen molar-refractivity contribution in [3.05, 3.63) is 28.2 Å². The maximum absolute atomic E-state index is 12.0. The highest BCUT2D eigenvalue weighted by Gasteiger charge is 2.24. The van der Waals surface area contributed by atoms with Crippen LogP contribution in [-0.2, 0) is 14.8 Å². The van der Waals surface area contributed by atoms with Gasteiger partial charge in [-0.05, 0) is 31.0 Å². The Kier molecular flexibility index (Phi) is 4.66. The standard InChI is InChI=1S/C12H14BrNO5S/c13-8-3-4-10(12(15)16)11(6-8)14-20(17,18)7-9-2-1-5-19-9/h3-4,6,9,14H,1-2,5,7H2,(H,15,16). The molecule has 20 heavy (non-hydrogen) atoms. The summed E-state index contributed by atoms with van der Waals surface area (Å²) in [6, 6.07) is 4.31. The third kappa shape index (κ3) is 3.94. The minimum atomic E-state index is -3.65. The summed E-state index contributed by atoms with van der Waals surface area (Å²) in [7, 11) is -3.65. The molecule has 8 heteroatoms. The van der Waals surface area contributed by atoms with E-state index in [2.05, 4.69) is 20.7 Å². The van der Waals surface area contributed by atoms with Crippen LogP contribution in [0.15, 0.2) is 22.7 Å². The van der Waals surface area contributed by atoms with Gasteiger partial charge in [0.1, 0.15) is 0 Å². The summed E-state index contributed by atoms with van der Waals surface area (Å²) < 4.78 is 32.3. The van der Waals surface area contributed by atoms with Crippen molar-refractivity contribution in [2.75, 3.05) is 17.1 Å². The van der Waals surface area contributed by atoms with Gasteiger partial charge >= 0.3 is 5.97 Å². The number of hydrogen-bond acceptors (Lipinski definition) is 4. The first-order valence-electron chi connectivity index (χ1n) is 6.02. The lowest BCUT2D eigenvalue weighted by Crippen LogP contribution is -2.26. The lowest BCUT2D eigenvalue weighted by atomic mass is 10.2. The number of nitrogens with one attached hydrogen (secondary N) is 1. The predicted molar refractivity (Wildman–Crippen MR) is 77.5 cm³/mol. The number of benzene rings is 1. The van der Waals surface area contributed by atoms with Crippen molar-refractivity contribution in [3.63, 3.8) is 0 Å². The van der Waals surface area contributed by atoms with Crippen LogP contribution in [0.25, 0.3) is 0 Å². The van der Waals surface area contributed by atoms with Crippen molar-refractivity contribution in [1.82, 2.24) is 0 Å². The SMILES string of the molecule is O=C(O)c1ccc(Br)cc1NS(=O)(=O)CC1CCCO1. The molecule has 0 spiro atoms. The number of carbonyl (C=O) groups is 1. The number of sulfonamides is 1. The molecule has 1 aliphatic heterocycles. The molecule has 2 N–H and O–H groups in total. The molecule has 6 nitrogen and oxygen atoms in total. The van der Waals surface area contributed by atoms with E-state index in [9.17, 15) is 13.2 Å². The summed E-state index contributed by atoms with van der Waals surface area (Å²) >= 11 is 3.19. The van der Waals surface area contributed by atoms with E-state index in [0.29, 0.717) is 17.5 Å². The van der Waals surface area contributed by atoms with Crippen LogP contribution < -0.4 is 4.72 Å². The van der Waals surface area contributed by atoms with Gasteiger partial charge in [-0.2, -0.15) is 0 Å². The molecule has 1 heterocycles. The number of anilines is 1. The molecule has 0 radical (unpaired) electrons. The zero-order valence-electron chi connectivity index (χ0n) is 10.5. The highest BCUT2D eigenvalue weighted by Crippen LogP contribution is 2.23. The average Bonchev–Trinajstić information content (AvgIpc) is 2.79. The zero-order chi connectivity index (χ0) is 14.8. The van der Waals surface area contributed by atoms with Crippen molar-refractivity contribution < 1.29 is 23.1 Å². The summed E-state index contributed by atoms with van der Waals surface area (Å²) in [5.41, 5.74) is -0.0472. The van der Waals surface area contributed by atoms with Gasteiger partial charge in [0.25, 0.3) is 0 Å². The molecule has 110 valence electrons. The minimum Gasteiger partial charge on any atom is -0.478 e. The monoisotopic (exact) mass is 363 g/mol. The molecule has 0 aromatic heterocycles. The van der Waals surface area contributed by atoms with Gasteiger partial charge in [0.2, 0.25) is 10.0 Å². The van der Waals surface area contributed by atoms with Crippen LogP contribution in [0.4, 0.5) is 5.69 Å². The van der Waals surface area contributed by atoms with Crippen LogP contribution in [0, 0.1) is 0 Å². The molecule has 1 unspecified atom stereocenters. The van der Waals surface area contributed by atoms with E-state index in [1.54, 1.807) is 6.07 Å². The summed E-state index contributed by atoms with van der Waals surface area (Å²) in [6.07, 6.45) is 1.22. The number of carboxylic acids is 1. The van der Waals surface area contributed by atoms with Gasteiger partial charge < -0.3 is 9.84 Å². The first-order valence-corrected chi connectivity index (χ1v) is 8.47. The van der Waals surface area contributed by atoms with Crippen LogP contribution in [0.1, 0.15) is 23.2 Å². The first kappa shape index (κ1) is 15.3. The fraction of sp³-hybridized carbons (Fsp3) is 0.417. The molecule has 0 aliphatic carbocycles. The minimum absolute atomic E-state index is 0.0462. The molecule has 1 aromatic carbocycles. The second-order valence-corrected chi connectivity index (χ2v) is 7.20. The molecule has 0 amide bonds. The fourth-order valence-electron chi connectivity index (χ4n) is 2.02. The van der Waals surface area contributed by atoms with Crippen LogP contribution >= 0.6 is 15.9 Å². The van der Waals surface area contributed by atoms with Crippen LogP contribution in [0.3, 0.4) is 0 Å². The van der Waals surface area contributed by atoms with Crippen molar-refractivity contribution in [1.29, 1.82) is 0 Å². The molecular weight excluding hydrogens is 350 g/mol. The van der Waals surface area contributed by atoms with Crippen molar-refractivity contribution in [2.45, 2.75) is 18.9 Å². The highest BCUT2D eigenvalue weighted by atomic mass is 79.9. The van der Waals surface area contributed by atoms with Crippen LogP contribution in [-0.4, -0.2) is 38.0 Å². The quantitative estimate of drug-likeness (QED) is 0.835. The lowest BCUT2D eigenvalue weighted by molar-refractivity contribution is 0.0698. The van der Waals surface area contributed by atoms with E-state index < -0.39 is 16.0 Å². The van der Waals surface area contributed by atoms with Gasteiger partial charge in [0.15, 0.2) is 0 Å². The smallest absolute Gasteiger partial charge is 0.337 e. The second kappa shape index (κ2) is 6.11. The zero-order valence-corrected chi connectivity index (χ0v) is 12.9. The summed E-state index contributed by atoms with van der Waals surface area (Å²) in [6.45, 7) is 0.567. The summed E-state index contributed by atoms with van der Waals surface area (Å²) in [4.78, 5) is 11.1. The number of ether oxygens (including phenoxy) is 1. The Bertz CT molecular complexity index is 610. The molecule has 1 saturated heterocycles. The summed E-state index contributed by atoms with van der Waals surface area (Å²) in [5.74, 6) is -1.36. The molecule has 1 atom stereocenters. The predicted octanol–water partition coefficient (Wildman–Crippen LogP) is 2.07. The van der Waals surface area contributed by atoms with E-state index in [-0.39, 0.29) is 23.1 Å². The normalized spacial score (nSPS) is 18.9. The Morgan fingerprint density at radius 3 is 2.85 bits per heavy atom. The number of aromatic carboxylic acids is 1. The largest absolute Gasteiger partial charge is 0.478 e. The van der Waals surface area contributed by atoms with Gasteiger partial charge in [0, 0.05) is 11.1 Å². The van der Waals surface area contributed by atoms with E-state index >= 15 is 0 Å². The topological polar surface area (TPSA) is 92.7 Å². The maximum atomic E-state index is 12.0. The molecule has 0 bridgehead atoms. The molecule has 2 rings (SSSR count). The van der Waals surface area contributed by atoms with Gasteiger partial charge in [-0.3, -0.25) is 4.72 Å². The lowest BCUT2D eigenvalue weighted by Gasteiger charge is -2.13. The molecule has 1 aromatic rings. The summed E-state index contributed by atoms with van der Waals surface area (Å²) in [5, 5.41) is 9.06. The van der Waals surface area contributed by atoms with Crippen molar-refractivity contribution in [3.8, 4) is 0 Å². The number of hydrogen-bond donors (Lipinski definition) is 2. The van der Waals surface area contributed by atoms with Gasteiger partial charge in [-0.1, -0.05) is 15.9 Å². The number of halogens is 1. The van der Waals surface area contributed by atoms with Gasteiger partial charge in [0.05, 0.1) is 23.1 Å².